The lowest BCUT2D eigenvalue weighted by atomic mass is 10.2. The van der Waals surface area contributed by atoms with Gasteiger partial charge in [0.05, 0.1) is 9.82 Å². The van der Waals surface area contributed by atoms with Gasteiger partial charge in [0, 0.05) is 19.0 Å². The molecular formula is C12H16FN3O5S. The maximum absolute atomic E-state index is 13.5. The van der Waals surface area contributed by atoms with Crippen molar-refractivity contribution in [1.82, 2.24) is 4.72 Å². The lowest BCUT2D eigenvalue weighted by molar-refractivity contribution is -0.387. The number of hydrogen-bond donors (Lipinski definition) is 2. The molecule has 0 aliphatic heterocycles. The van der Waals surface area contributed by atoms with E-state index in [0.717, 1.165) is 6.07 Å². The highest BCUT2D eigenvalue weighted by Crippen LogP contribution is 2.24. The molecule has 0 unspecified atom stereocenters. The third-order valence-corrected chi connectivity index (χ3v) is 4.30. The number of halogens is 1. The number of carbonyl (C=O) groups is 1. The lowest BCUT2D eigenvalue weighted by Crippen LogP contribution is -2.25. The van der Waals surface area contributed by atoms with E-state index in [1.54, 1.807) is 0 Å². The number of aryl methyl sites for hydroxylation is 1. The van der Waals surface area contributed by atoms with Crippen LogP contribution < -0.4 is 10.5 Å². The van der Waals surface area contributed by atoms with Gasteiger partial charge in [0.15, 0.2) is 0 Å². The van der Waals surface area contributed by atoms with Gasteiger partial charge in [-0.25, -0.2) is 13.1 Å². The van der Waals surface area contributed by atoms with Crippen LogP contribution in [0.3, 0.4) is 0 Å². The summed E-state index contributed by atoms with van der Waals surface area (Å²) in [5.74, 6) is -1.54. The van der Waals surface area contributed by atoms with Gasteiger partial charge >= 0.3 is 5.69 Å². The molecule has 1 amide bonds. The number of nitrogens with two attached hydrogens (primary N) is 1. The molecule has 3 N–H and O–H groups in total. The molecule has 0 heterocycles. The van der Waals surface area contributed by atoms with Gasteiger partial charge in [0.25, 0.3) is 0 Å². The number of nitro groups is 1. The molecule has 0 atom stereocenters. The second-order valence-electron chi connectivity index (χ2n) is 4.65. The van der Waals surface area contributed by atoms with Crippen molar-refractivity contribution in [3.8, 4) is 0 Å². The molecule has 0 radical (unpaired) electrons. The van der Waals surface area contributed by atoms with Crippen LogP contribution in [0.2, 0.25) is 0 Å². The molecule has 1 aromatic rings. The van der Waals surface area contributed by atoms with Gasteiger partial charge < -0.3 is 5.73 Å². The van der Waals surface area contributed by atoms with Crippen molar-refractivity contribution in [1.29, 1.82) is 0 Å². The first-order valence-electron chi connectivity index (χ1n) is 6.37. The van der Waals surface area contributed by atoms with Crippen molar-refractivity contribution < 1.29 is 22.5 Å². The van der Waals surface area contributed by atoms with E-state index in [1.165, 1.54) is 6.92 Å². The SMILES string of the molecule is Cc1cc(S(=O)(=O)NCCCCC(N)=O)cc([N+](=O)[O-])c1F. The van der Waals surface area contributed by atoms with Crippen LogP contribution in [0.1, 0.15) is 24.8 Å². The Balaban J connectivity index is 2.85. The molecule has 0 aliphatic carbocycles. The second-order valence-corrected chi connectivity index (χ2v) is 6.42. The molecular weight excluding hydrogens is 317 g/mol. The molecule has 0 bridgehead atoms. The molecule has 1 rings (SSSR count). The molecule has 1 aromatic carbocycles. The molecule has 0 fully saturated rings. The average molecular weight is 333 g/mol. The molecule has 22 heavy (non-hydrogen) atoms. The van der Waals surface area contributed by atoms with Gasteiger partial charge in [0.1, 0.15) is 0 Å². The number of nitro benzene ring substituents is 1. The minimum atomic E-state index is -3.99. The maximum atomic E-state index is 13.5. The Hall–Kier alpha value is -2.07. The highest BCUT2D eigenvalue weighted by molar-refractivity contribution is 7.89. The largest absolute Gasteiger partial charge is 0.370 e. The van der Waals surface area contributed by atoms with E-state index in [-0.39, 0.29) is 23.4 Å². The minimum absolute atomic E-state index is 0.0415. The van der Waals surface area contributed by atoms with E-state index in [1.807, 2.05) is 0 Å². The third kappa shape index (κ3) is 4.74. The van der Waals surface area contributed by atoms with E-state index in [4.69, 9.17) is 5.73 Å². The van der Waals surface area contributed by atoms with Gasteiger partial charge in [-0.15, -0.1) is 0 Å². The zero-order valence-corrected chi connectivity index (χ0v) is 12.7. The van der Waals surface area contributed by atoms with E-state index in [0.29, 0.717) is 18.9 Å². The van der Waals surface area contributed by atoms with Crippen molar-refractivity contribution in [3.05, 3.63) is 33.6 Å². The Morgan fingerprint density at radius 3 is 2.59 bits per heavy atom. The van der Waals surface area contributed by atoms with Gasteiger partial charge in [-0.05, 0) is 31.4 Å². The fourth-order valence-electron chi connectivity index (χ4n) is 1.72. The van der Waals surface area contributed by atoms with Gasteiger partial charge in [-0.3, -0.25) is 14.9 Å². The first-order valence-corrected chi connectivity index (χ1v) is 7.86. The number of benzene rings is 1. The Morgan fingerprint density at radius 2 is 2.05 bits per heavy atom. The summed E-state index contributed by atoms with van der Waals surface area (Å²) in [7, 11) is -3.99. The zero-order chi connectivity index (χ0) is 16.9. The van der Waals surface area contributed by atoms with Crippen LogP contribution in [0.5, 0.6) is 0 Å². The number of primary amides is 1. The quantitative estimate of drug-likeness (QED) is 0.415. The summed E-state index contributed by atoms with van der Waals surface area (Å²) in [6.45, 7) is 1.29. The predicted molar refractivity (Wildman–Crippen MR) is 76.0 cm³/mol. The van der Waals surface area contributed by atoms with Crippen LogP contribution in [-0.4, -0.2) is 25.8 Å². The first kappa shape index (κ1) is 18.0. The summed E-state index contributed by atoms with van der Waals surface area (Å²) in [4.78, 5) is 19.9. The number of carbonyl (C=O) groups excluding carboxylic acids is 1. The van der Waals surface area contributed by atoms with E-state index < -0.39 is 32.4 Å². The van der Waals surface area contributed by atoms with Crippen LogP contribution in [0.25, 0.3) is 0 Å². The number of sulfonamides is 1. The smallest absolute Gasteiger partial charge is 0.306 e. The standard InChI is InChI=1S/C12H16FN3O5S/c1-8-6-9(7-10(12(8)13)16(18)19)22(20,21)15-5-3-2-4-11(14)17/h6-7,15H,2-5H2,1H3,(H2,14,17). The summed E-state index contributed by atoms with van der Waals surface area (Å²) in [6, 6.07) is 1.70. The van der Waals surface area contributed by atoms with Crippen LogP contribution in [-0.2, 0) is 14.8 Å². The van der Waals surface area contributed by atoms with Crippen LogP contribution in [0.15, 0.2) is 17.0 Å². The predicted octanol–water partition coefficient (Wildman–Crippen LogP) is 0.976. The highest BCUT2D eigenvalue weighted by Gasteiger charge is 2.23. The Kier molecular flexibility index (Phi) is 5.94. The Bertz CT molecular complexity index is 690. The van der Waals surface area contributed by atoms with Crippen LogP contribution in [0, 0.1) is 22.9 Å². The molecule has 0 spiro atoms. The monoisotopic (exact) mass is 333 g/mol. The number of hydrogen-bond acceptors (Lipinski definition) is 5. The normalized spacial score (nSPS) is 11.4. The molecule has 10 heteroatoms. The highest BCUT2D eigenvalue weighted by atomic mass is 32.2. The molecule has 0 saturated heterocycles. The number of unbranched alkanes of at least 4 members (excludes halogenated alkanes) is 1. The van der Waals surface area contributed by atoms with Crippen molar-refractivity contribution in [2.75, 3.05) is 6.54 Å². The third-order valence-electron chi connectivity index (χ3n) is 2.86. The van der Waals surface area contributed by atoms with Gasteiger partial charge in [-0.1, -0.05) is 0 Å². The van der Waals surface area contributed by atoms with E-state index in [2.05, 4.69) is 4.72 Å². The van der Waals surface area contributed by atoms with Crippen molar-refractivity contribution in [2.45, 2.75) is 31.1 Å². The van der Waals surface area contributed by atoms with E-state index >= 15 is 0 Å². The number of nitrogens with zero attached hydrogens (tertiary/aromatic N) is 1. The number of rotatable bonds is 8. The Labute approximate surface area is 126 Å². The molecule has 122 valence electrons. The summed E-state index contributed by atoms with van der Waals surface area (Å²) in [5, 5.41) is 10.7. The first-order chi connectivity index (χ1) is 10.1. The summed E-state index contributed by atoms with van der Waals surface area (Å²) >= 11 is 0. The van der Waals surface area contributed by atoms with Gasteiger partial charge in [0.2, 0.25) is 21.7 Å². The van der Waals surface area contributed by atoms with Crippen LogP contribution in [0.4, 0.5) is 10.1 Å². The van der Waals surface area contributed by atoms with Gasteiger partial charge in [-0.2, -0.15) is 4.39 Å². The molecule has 0 aromatic heterocycles. The summed E-state index contributed by atoms with van der Waals surface area (Å²) in [6.07, 6.45) is 0.938. The second kappa shape index (κ2) is 7.27. The zero-order valence-electron chi connectivity index (χ0n) is 11.8. The van der Waals surface area contributed by atoms with Crippen molar-refractivity contribution in [3.63, 3.8) is 0 Å². The van der Waals surface area contributed by atoms with Crippen molar-refractivity contribution in [2.24, 2.45) is 5.73 Å². The molecule has 8 nitrogen and oxygen atoms in total. The van der Waals surface area contributed by atoms with E-state index in [9.17, 15) is 27.7 Å². The van der Waals surface area contributed by atoms with Crippen molar-refractivity contribution >= 4 is 21.6 Å². The molecule has 0 aliphatic rings. The lowest BCUT2D eigenvalue weighted by Gasteiger charge is -2.08. The summed E-state index contributed by atoms with van der Waals surface area (Å²) < 4.78 is 39.8. The molecule has 0 saturated carbocycles. The average Bonchev–Trinajstić information content (AvgIpc) is 2.40. The topological polar surface area (TPSA) is 132 Å². The number of amides is 1. The fourth-order valence-corrected chi connectivity index (χ4v) is 2.90. The Morgan fingerprint density at radius 1 is 1.41 bits per heavy atom. The minimum Gasteiger partial charge on any atom is -0.370 e. The summed E-state index contributed by atoms with van der Waals surface area (Å²) in [5.41, 5.74) is 3.92. The number of nitrogens with one attached hydrogen (secondary N) is 1. The maximum Gasteiger partial charge on any atom is 0.306 e. The van der Waals surface area contributed by atoms with Crippen LogP contribution >= 0.6 is 0 Å². The fraction of sp³-hybridized carbons (Fsp3) is 0.417.